The van der Waals surface area contributed by atoms with E-state index in [0.29, 0.717) is 32.9 Å². The zero-order chi connectivity index (χ0) is 79.2. The third-order valence-electron chi connectivity index (χ3n) is 16.3. The van der Waals surface area contributed by atoms with E-state index in [0.717, 1.165) is 20.8 Å². The molecule has 2 aromatic heterocycles. The number of H-pyrrole nitrogens is 2. The third kappa shape index (κ3) is 28.6. The van der Waals surface area contributed by atoms with E-state index < -0.39 is 236 Å². The van der Waals surface area contributed by atoms with E-state index in [-0.39, 0.29) is 37.4 Å². The fourth-order valence-corrected chi connectivity index (χ4v) is 11.2. The van der Waals surface area contributed by atoms with Gasteiger partial charge in [0.05, 0.1) is 25.2 Å². The van der Waals surface area contributed by atoms with Crippen molar-refractivity contribution in [3.05, 3.63) is 72.1 Å². The van der Waals surface area contributed by atoms with Gasteiger partial charge >= 0.3 is 5.97 Å². The first kappa shape index (κ1) is 87.5. The minimum Gasteiger partial charge on any atom is -0.481 e. The Morgan fingerprint density at radius 2 is 0.736 bits per heavy atom. The highest BCUT2D eigenvalue weighted by Gasteiger charge is 2.39. The summed E-state index contributed by atoms with van der Waals surface area (Å²) in [5.41, 5.74) is 23.3. The van der Waals surface area contributed by atoms with Crippen LogP contribution >= 0.6 is 25.3 Å². The van der Waals surface area contributed by atoms with Crippen molar-refractivity contribution in [2.24, 2.45) is 28.9 Å². The molecule has 0 aliphatic carbocycles. The highest BCUT2D eigenvalue weighted by Crippen LogP contribution is 2.22. The minimum absolute atomic E-state index is 0.131. The zero-order valence-electron chi connectivity index (χ0n) is 58.7. The van der Waals surface area contributed by atoms with Crippen LogP contribution in [0.5, 0.6) is 0 Å². The number of benzene rings is 2. The molecule has 40 heteroatoms. The number of carboxylic acids is 1. The van der Waals surface area contributed by atoms with Crippen molar-refractivity contribution >= 4 is 148 Å². The zero-order valence-corrected chi connectivity index (χ0v) is 60.5. The molecule has 2 heterocycles. The molecule has 106 heavy (non-hydrogen) atoms. The van der Waals surface area contributed by atoms with Crippen molar-refractivity contribution in [2.75, 3.05) is 18.1 Å². The molecule has 0 bridgehead atoms. The molecule has 0 spiro atoms. The molecule has 16 amide bonds. The van der Waals surface area contributed by atoms with Gasteiger partial charge in [-0.1, -0.05) is 50.2 Å². The molecule has 38 nitrogen and oxygen atoms in total. The Morgan fingerprint density at radius 3 is 1.10 bits per heavy atom. The number of aliphatic hydroxyl groups is 2. The number of carbonyl (C=O) groups excluding carboxylic acids is 16. The predicted molar refractivity (Wildman–Crippen MR) is 386 cm³/mol. The van der Waals surface area contributed by atoms with Gasteiger partial charge in [-0.2, -0.15) is 25.3 Å². The van der Waals surface area contributed by atoms with Crippen LogP contribution in [0.1, 0.15) is 104 Å². The number of nitrogens with two attached hydrogens (primary N) is 4. The Morgan fingerprint density at radius 1 is 0.396 bits per heavy atom. The van der Waals surface area contributed by atoms with Crippen molar-refractivity contribution in [2.45, 2.75) is 184 Å². The van der Waals surface area contributed by atoms with Crippen molar-refractivity contribution in [3.63, 3.8) is 0 Å². The number of aliphatic hydroxyl groups excluding tert-OH is 2. The first-order valence-electron chi connectivity index (χ1n) is 33.5. The lowest BCUT2D eigenvalue weighted by atomic mass is 10.00. The first-order chi connectivity index (χ1) is 49.9. The van der Waals surface area contributed by atoms with Crippen LogP contribution in [0.2, 0.25) is 0 Å². The quantitative estimate of drug-likeness (QED) is 0.0183. The van der Waals surface area contributed by atoms with Gasteiger partial charge in [-0.3, -0.25) is 81.5 Å². The first-order valence-corrected chi connectivity index (χ1v) is 34.8. The lowest BCUT2D eigenvalue weighted by molar-refractivity contribution is -0.139. The minimum atomic E-state index is -1.97. The molecule has 25 N–H and O–H groups in total. The van der Waals surface area contributed by atoms with Crippen molar-refractivity contribution < 1.29 is 96.8 Å². The number of aliphatic carboxylic acids is 1. The fraction of sp³-hybridized carbons (Fsp3) is 0.500. The number of fused-ring (bicyclic) bond motifs is 2. The van der Waals surface area contributed by atoms with E-state index in [9.17, 15) is 96.8 Å². The predicted octanol–water partition coefficient (Wildman–Crippen LogP) is -6.28. The molecule has 580 valence electrons. The maximum atomic E-state index is 14.8. The molecule has 0 aliphatic rings. The van der Waals surface area contributed by atoms with Crippen LogP contribution in [-0.2, 0) is 94.3 Å². The van der Waals surface area contributed by atoms with Crippen LogP contribution in [0.4, 0.5) is 0 Å². The Hall–Kier alpha value is -10.9. The van der Waals surface area contributed by atoms with Crippen LogP contribution in [0, 0.1) is 5.92 Å². The number of nitrogens with one attached hydrogen (secondary N) is 14. The van der Waals surface area contributed by atoms with Gasteiger partial charge in [0.25, 0.3) is 0 Å². The number of aromatic amines is 2. The smallest absolute Gasteiger partial charge is 0.303 e. The van der Waals surface area contributed by atoms with E-state index in [1.807, 2.05) is 0 Å². The summed E-state index contributed by atoms with van der Waals surface area (Å²) in [6.07, 6.45) is -5.29. The standard InChI is InChI=1S/C66H94N18O20S2/c1-30(2)14-15-40(57(95)75-43(18-21-53(92)93)58(96)79-46(24-51(69)90)56(94)73-27-52(70)91)76-61(99)44(22-34-25-71-38-12-8-6-10-36(34)38)81-66(104)55(32(4)86)84-64(102)48(29-106)82-59(97)41(16-19-49(67)88)77-62(100)45(23-35-26-72-39-13-9-7-11-37(35)39)80-65(103)54(31(3)85)83-60(98)42(17-20-50(68)89)78-63(101)47(28-105)74-33(5)87/h6-13,25-26,30-32,40-48,54-55,71-72,85-86,105-106H,14-24,27-29H2,1-5H3,(H2,67,88)(H2,68,89)(H2,69,90)(H2,70,91)(H,73,94)(H,74,87)(H,75,95)(H,76,99)(H,77,100)(H,78,101)(H,79,96)(H,80,103)(H,81,104)(H,82,97)(H,83,98)(H,84,102)(H,92,93)/t31-,32-,40+,41+,42+,43+,44+,45+,46+,47+,48+,54+,55+/m1/s1. The van der Waals surface area contributed by atoms with Gasteiger partial charge in [-0.25, -0.2) is 0 Å². The van der Waals surface area contributed by atoms with Gasteiger partial charge in [0.1, 0.15) is 66.5 Å². The highest BCUT2D eigenvalue weighted by atomic mass is 32.1. The van der Waals surface area contributed by atoms with Gasteiger partial charge < -0.3 is 112 Å². The molecule has 0 saturated carbocycles. The topological polar surface area (TPSA) is 631 Å². The number of amides is 16. The van der Waals surface area contributed by atoms with Crippen LogP contribution < -0.4 is 86.7 Å². The van der Waals surface area contributed by atoms with E-state index in [4.69, 9.17) is 22.9 Å². The SMILES string of the molecule is CC(=O)N[C@@H](CS)C(=O)N[C@@H](CCC(N)=O)C(=O)N[C@H](C(=O)N[C@@H](Cc1c[nH]c2ccccc12)C(=O)N[C@@H](CCC(N)=O)C(=O)N[C@@H](CS)C(=O)N[C@H](C(=O)N[C@@H](Cc1c[nH]c2ccccc12)C(=O)N[C@@H](CCC(C)C)C(=O)N[C@@H](CCC(=O)O)C(=O)N[C@@H](CC(N)=O)C(=O)NCC(N)=O)[C@@H](C)O)[C@@H](C)O. The molecule has 13 atom stereocenters. The second-order valence-electron chi connectivity index (χ2n) is 25.5. The summed E-state index contributed by atoms with van der Waals surface area (Å²) >= 11 is 8.33. The van der Waals surface area contributed by atoms with Gasteiger partial charge in [-0.15, -0.1) is 0 Å². The maximum absolute atomic E-state index is 14.8. The Kier molecular flexibility index (Phi) is 35.3. The molecule has 4 aromatic rings. The van der Waals surface area contributed by atoms with Crippen molar-refractivity contribution in [1.82, 2.24) is 73.8 Å². The lowest BCUT2D eigenvalue weighted by Crippen LogP contribution is -2.63. The number of hydrogen-bond acceptors (Lipinski definition) is 21. The Balaban J connectivity index is 1.66. The summed E-state index contributed by atoms with van der Waals surface area (Å²) in [5.74, 6) is -19.2. The number of carbonyl (C=O) groups is 17. The number of aromatic nitrogens is 2. The monoisotopic (exact) mass is 1520 g/mol. The summed E-state index contributed by atoms with van der Waals surface area (Å²) in [6, 6.07) is -5.16. The van der Waals surface area contributed by atoms with Gasteiger partial charge in [0, 0.05) is 84.7 Å². The molecule has 4 rings (SSSR count). The average molecular weight is 1520 g/mol. The van der Waals surface area contributed by atoms with Crippen LogP contribution in [0.25, 0.3) is 21.8 Å². The third-order valence-corrected chi connectivity index (χ3v) is 17.1. The molecule has 0 saturated heterocycles. The van der Waals surface area contributed by atoms with E-state index in [1.165, 1.54) is 12.4 Å². The molecule has 2 aromatic carbocycles. The molecular formula is C66H94N18O20S2. The summed E-state index contributed by atoms with van der Waals surface area (Å²) in [5, 5.41) is 61.5. The number of para-hydroxylation sites is 2. The Bertz CT molecular complexity index is 3850. The maximum Gasteiger partial charge on any atom is 0.303 e. The molecular weight excluding hydrogens is 1430 g/mol. The number of carboxylic acid groups (broad SMARTS) is 1. The fourth-order valence-electron chi connectivity index (χ4n) is 10.7. The van der Waals surface area contributed by atoms with Gasteiger partial charge in [0.2, 0.25) is 94.5 Å². The van der Waals surface area contributed by atoms with Crippen molar-refractivity contribution in [3.8, 4) is 0 Å². The summed E-state index contributed by atoms with van der Waals surface area (Å²) in [6.45, 7) is 6.19. The van der Waals surface area contributed by atoms with E-state index in [2.05, 4.69) is 99.0 Å². The summed E-state index contributed by atoms with van der Waals surface area (Å²) in [4.78, 5) is 233. The molecule has 0 radical (unpaired) electrons. The number of primary amides is 4. The number of thiol groups is 2. The molecule has 0 fully saturated rings. The summed E-state index contributed by atoms with van der Waals surface area (Å²) in [7, 11) is 0. The van der Waals surface area contributed by atoms with Crippen LogP contribution in [0.15, 0.2) is 60.9 Å². The van der Waals surface area contributed by atoms with Gasteiger partial charge in [-0.05, 0) is 75.1 Å². The molecule has 0 unspecified atom stereocenters. The largest absolute Gasteiger partial charge is 0.481 e. The number of hydrogen-bond donors (Lipinski definition) is 23. The highest BCUT2D eigenvalue weighted by molar-refractivity contribution is 7.80. The lowest BCUT2D eigenvalue weighted by Gasteiger charge is -2.29. The number of rotatable bonds is 46. The van der Waals surface area contributed by atoms with Crippen molar-refractivity contribution in [1.29, 1.82) is 0 Å². The summed E-state index contributed by atoms with van der Waals surface area (Å²) < 4.78 is 0. The van der Waals surface area contributed by atoms with E-state index in [1.54, 1.807) is 62.4 Å². The second kappa shape index (κ2) is 42.8. The van der Waals surface area contributed by atoms with E-state index >= 15 is 0 Å². The normalized spacial score (nSPS) is 14.8. The van der Waals surface area contributed by atoms with Crippen LogP contribution in [0.3, 0.4) is 0 Å². The average Bonchev–Trinajstić information content (AvgIpc) is 1.62. The Labute approximate surface area is 618 Å². The second-order valence-corrected chi connectivity index (χ2v) is 26.2. The van der Waals surface area contributed by atoms with Gasteiger partial charge in [0.15, 0.2) is 0 Å². The van der Waals surface area contributed by atoms with Crippen LogP contribution in [-0.4, -0.2) is 222 Å². The molecule has 0 aliphatic heterocycles.